The van der Waals surface area contributed by atoms with Gasteiger partial charge in [0.2, 0.25) is 15.8 Å². The van der Waals surface area contributed by atoms with Gasteiger partial charge in [-0.3, -0.25) is 14.9 Å². The van der Waals surface area contributed by atoms with E-state index in [-0.39, 0.29) is 22.0 Å². The summed E-state index contributed by atoms with van der Waals surface area (Å²) < 4.78 is 23.3. The van der Waals surface area contributed by atoms with Crippen LogP contribution in [-0.2, 0) is 20.2 Å². The number of amides is 1. The monoisotopic (exact) mass is 488 g/mol. The van der Waals surface area contributed by atoms with E-state index in [9.17, 15) is 28.4 Å². The number of primary sulfonamides is 1. The van der Waals surface area contributed by atoms with E-state index in [2.05, 4.69) is 15.3 Å². The first-order valence-corrected chi connectivity index (χ1v) is 11.8. The van der Waals surface area contributed by atoms with Crippen molar-refractivity contribution in [2.24, 2.45) is 20.5 Å². The first kappa shape index (κ1) is 24.9. The Morgan fingerprint density at radius 2 is 1.97 bits per heavy atom. The molecule has 2 aromatic carbocycles. The molecule has 0 spiro atoms. The molecule has 1 amide bonds. The molecule has 3 rings (SSSR count). The predicted molar refractivity (Wildman–Crippen MR) is 125 cm³/mol. The van der Waals surface area contributed by atoms with Crippen molar-refractivity contribution in [2.45, 2.75) is 50.5 Å². The lowest BCUT2D eigenvalue weighted by Gasteiger charge is -2.23. The second kappa shape index (κ2) is 8.91. The van der Waals surface area contributed by atoms with Crippen LogP contribution < -0.4 is 10.1 Å². The maximum atomic E-state index is 12.9. The van der Waals surface area contributed by atoms with Crippen molar-refractivity contribution in [3.8, 4) is 5.75 Å². The zero-order valence-electron chi connectivity index (χ0n) is 19.0. The third kappa shape index (κ3) is 4.79. The van der Waals surface area contributed by atoms with Crippen molar-refractivity contribution in [3.05, 3.63) is 52.1 Å². The summed E-state index contributed by atoms with van der Waals surface area (Å²) in [6, 6.07) is 7.01. The zero-order valence-corrected chi connectivity index (χ0v) is 19.8. The quantitative estimate of drug-likeness (QED) is 0.341. The minimum atomic E-state index is -3.99. The van der Waals surface area contributed by atoms with Crippen LogP contribution in [0.25, 0.3) is 0 Å². The first-order valence-electron chi connectivity index (χ1n) is 10.2. The molecule has 0 bridgehead atoms. The van der Waals surface area contributed by atoms with Crippen molar-refractivity contribution in [3.63, 3.8) is 0 Å². The molecule has 0 radical (unpaired) electrons. The van der Waals surface area contributed by atoms with Gasteiger partial charge in [0.05, 0.1) is 21.2 Å². The molecule has 0 aliphatic carbocycles. The smallest absolute Gasteiger partial charge is 0.313 e. The van der Waals surface area contributed by atoms with Crippen molar-refractivity contribution in [1.82, 2.24) is 0 Å². The molecule has 0 fully saturated rings. The third-order valence-corrected chi connectivity index (χ3v) is 6.61. The Hall–Kier alpha value is -3.71. The molecule has 1 aliphatic rings. The molecule has 1 heterocycles. The summed E-state index contributed by atoms with van der Waals surface area (Å²) in [4.78, 5) is 23.5. The van der Waals surface area contributed by atoms with E-state index in [1.165, 1.54) is 43.3 Å². The van der Waals surface area contributed by atoms with Gasteiger partial charge >= 0.3 is 5.69 Å². The Morgan fingerprint density at radius 3 is 2.56 bits per heavy atom. The van der Waals surface area contributed by atoms with Crippen molar-refractivity contribution in [1.29, 1.82) is 0 Å². The van der Waals surface area contributed by atoms with Gasteiger partial charge in [-0.2, -0.15) is 20.3 Å². The summed E-state index contributed by atoms with van der Waals surface area (Å²) in [6.45, 7) is 7.25. The first-order chi connectivity index (χ1) is 15.8. The Kier molecular flexibility index (Phi) is 6.53. The fourth-order valence-electron chi connectivity index (χ4n) is 3.20. The van der Waals surface area contributed by atoms with Crippen molar-refractivity contribution in [2.75, 3.05) is 5.01 Å². The maximum Gasteiger partial charge on any atom is 0.313 e. The number of phenolic OH excluding ortho intramolecular Hbond substituents is 1. The number of benzene rings is 2. The van der Waals surface area contributed by atoms with E-state index in [0.717, 1.165) is 5.01 Å². The molecule has 34 heavy (non-hydrogen) atoms. The highest BCUT2D eigenvalue weighted by atomic mass is 32.2. The second-order valence-corrected chi connectivity index (χ2v) is 9.97. The van der Waals surface area contributed by atoms with Crippen LogP contribution >= 0.6 is 0 Å². The number of azo groups is 1. The highest BCUT2D eigenvalue weighted by molar-refractivity contribution is 7.89. The average molecular weight is 489 g/mol. The Balaban J connectivity index is 1.98. The number of phenols is 1. The number of nitro benzene ring substituents is 1. The highest BCUT2D eigenvalue weighted by Gasteiger charge is 2.35. The average Bonchev–Trinajstić information content (AvgIpc) is 3.05. The SMILES string of the molecule is CCC(C)(C)c1cc(N=NC2C(=O)N(c3cccc(S(N)(=O)=O)c3)N=C2C)c(O)c([N+](=O)[O-])c1. The fraction of sp³-hybridized carbons (Fsp3) is 0.333. The summed E-state index contributed by atoms with van der Waals surface area (Å²) in [6.07, 6.45) is 0.672. The van der Waals surface area contributed by atoms with E-state index < -0.39 is 43.7 Å². The Morgan fingerprint density at radius 1 is 1.29 bits per heavy atom. The van der Waals surface area contributed by atoms with E-state index in [1.54, 1.807) is 0 Å². The van der Waals surface area contributed by atoms with Crippen LogP contribution in [0.2, 0.25) is 0 Å². The van der Waals surface area contributed by atoms with Gasteiger partial charge < -0.3 is 5.11 Å². The van der Waals surface area contributed by atoms with E-state index >= 15 is 0 Å². The fourth-order valence-corrected chi connectivity index (χ4v) is 3.75. The summed E-state index contributed by atoms with van der Waals surface area (Å²) in [5.74, 6) is -1.28. The van der Waals surface area contributed by atoms with E-state index in [1.807, 2.05) is 20.8 Å². The van der Waals surface area contributed by atoms with Gasteiger partial charge in [0, 0.05) is 6.07 Å². The molecule has 12 nitrogen and oxygen atoms in total. The predicted octanol–water partition coefficient (Wildman–Crippen LogP) is 3.51. The summed E-state index contributed by atoms with van der Waals surface area (Å²) in [5, 5.41) is 40.0. The van der Waals surface area contributed by atoms with Gasteiger partial charge in [-0.05, 0) is 48.6 Å². The zero-order chi connectivity index (χ0) is 25.4. The number of hydrogen-bond acceptors (Lipinski definition) is 9. The molecule has 1 unspecified atom stereocenters. The maximum absolute atomic E-state index is 12.9. The Bertz CT molecular complexity index is 1340. The summed E-state index contributed by atoms with van der Waals surface area (Å²) in [5.41, 5.74) is -0.0989. The molecular weight excluding hydrogens is 464 g/mol. The molecule has 3 N–H and O–H groups in total. The van der Waals surface area contributed by atoms with Gasteiger partial charge in [0.15, 0.2) is 6.04 Å². The van der Waals surface area contributed by atoms with Gasteiger partial charge in [0.1, 0.15) is 5.69 Å². The normalized spacial score (nSPS) is 16.9. The number of anilines is 1. The van der Waals surface area contributed by atoms with Crippen LogP contribution in [0.5, 0.6) is 5.75 Å². The van der Waals surface area contributed by atoms with Crippen LogP contribution in [0.15, 0.2) is 56.6 Å². The lowest BCUT2D eigenvalue weighted by molar-refractivity contribution is -0.385. The largest absolute Gasteiger partial charge is 0.501 e. The summed E-state index contributed by atoms with van der Waals surface area (Å²) in [7, 11) is -3.99. The number of hydrazone groups is 1. The number of rotatable bonds is 7. The molecule has 1 aliphatic heterocycles. The van der Waals surface area contributed by atoms with Crippen molar-refractivity contribution >= 4 is 38.7 Å². The molecule has 13 heteroatoms. The minimum absolute atomic E-state index is 0.152. The number of carbonyl (C=O) groups excluding carboxylic acids is 1. The minimum Gasteiger partial charge on any atom is -0.501 e. The number of nitrogens with two attached hydrogens (primary N) is 1. The van der Waals surface area contributed by atoms with Gasteiger partial charge in [-0.25, -0.2) is 13.6 Å². The molecule has 0 saturated carbocycles. The summed E-state index contributed by atoms with van der Waals surface area (Å²) >= 11 is 0. The van der Waals surface area contributed by atoms with Crippen LogP contribution in [0.1, 0.15) is 39.7 Å². The molecule has 180 valence electrons. The molecular formula is C21H24N6O6S. The second-order valence-electron chi connectivity index (χ2n) is 8.41. The molecule has 0 aromatic heterocycles. The number of hydrogen-bond donors (Lipinski definition) is 2. The number of carbonyl (C=O) groups is 1. The van der Waals surface area contributed by atoms with Gasteiger partial charge in [-0.15, -0.1) is 0 Å². The number of aromatic hydroxyl groups is 1. The number of nitrogens with zero attached hydrogens (tertiary/aromatic N) is 5. The lowest BCUT2D eigenvalue weighted by Crippen LogP contribution is -2.29. The van der Waals surface area contributed by atoms with Crippen molar-refractivity contribution < 1.29 is 23.2 Å². The van der Waals surface area contributed by atoms with Crippen LogP contribution in [-0.4, -0.2) is 36.1 Å². The highest BCUT2D eigenvalue weighted by Crippen LogP contribution is 2.41. The molecule has 0 saturated heterocycles. The van der Waals surface area contributed by atoms with Gasteiger partial charge in [-0.1, -0.05) is 26.8 Å². The number of nitro groups is 1. The van der Waals surface area contributed by atoms with Crippen LogP contribution in [0, 0.1) is 10.1 Å². The third-order valence-electron chi connectivity index (χ3n) is 5.70. The van der Waals surface area contributed by atoms with E-state index in [4.69, 9.17) is 5.14 Å². The number of sulfonamides is 1. The van der Waals surface area contributed by atoms with Gasteiger partial charge in [0.25, 0.3) is 5.91 Å². The lowest BCUT2D eigenvalue weighted by atomic mass is 9.82. The molecule has 1 atom stereocenters. The van der Waals surface area contributed by atoms with Crippen LogP contribution in [0.3, 0.4) is 0 Å². The standard InChI is InChI=1S/C21H24N6O6S/c1-5-21(3,4)13-9-16(19(28)17(10-13)27(30)31)23-24-18-12(2)25-26(20(18)29)14-7-6-8-15(11-14)34(22,32)33/h6-11,18,28H,5H2,1-4H3,(H2,22,32,33). The van der Waals surface area contributed by atoms with Crippen LogP contribution in [0.4, 0.5) is 17.1 Å². The van der Waals surface area contributed by atoms with E-state index in [0.29, 0.717) is 12.0 Å². The Labute approximate surface area is 196 Å². The molecule has 2 aromatic rings. The topological polar surface area (TPSA) is 181 Å².